The van der Waals surface area contributed by atoms with Gasteiger partial charge < -0.3 is 10.1 Å². The molecule has 1 aliphatic rings. The van der Waals surface area contributed by atoms with Crippen molar-refractivity contribution in [2.24, 2.45) is 0 Å². The summed E-state index contributed by atoms with van der Waals surface area (Å²) in [6.45, 7) is 4.32. The summed E-state index contributed by atoms with van der Waals surface area (Å²) in [5, 5.41) is 4.82. The third-order valence-corrected chi connectivity index (χ3v) is 6.12. The largest absolute Gasteiger partial charge is 0.343 e. The maximum Gasteiger partial charge on any atom is 0.323 e. The SMILES string of the molecule is CCCCCCCCCCCCCCC(C)(Cc1ccccc1)OC1NC(=O)NC1=O. The fourth-order valence-corrected chi connectivity index (χ4v) is 4.32. The highest BCUT2D eigenvalue weighted by Gasteiger charge is 2.37. The second-order valence-electron chi connectivity index (χ2n) is 9.21. The Kier molecular flexibility index (Phi) is 11.7. The normalized spacial score (nSPS) is 17.9. The predicted molar refractivity (Wildman–Crippen MR) is 126 cm³/mol. The molecule has 1 aromatic rings. The first-order chi connectivity index (χ1) is 15.0. The van der Waals surface area contributed by atoms with Crippen LogP contribution in [0.3, 0.4) is 0 Å². The van der Waals surface area contributed by atoms with Crippen LogP contribution in [0.25, 0.3) is 0 Å². The Morgan fingerprint density at radius 2 is 1.39 bits per heavy atom. The average molecular weight is 431 g/mol. The van der Waals surface area contributed by atoms with Crippen molar-refractivity contribution in [2.75, 3.05) is 0 Å². The van der Waals surface area contributed by atoms with Crippen LogP contribution in [0.15, 0.2) is 30.3 Å². The number of benzene rings is 1. The second kappa shape index (κ2) is 14.2. The number of carbonyl (C=O) groups excluding carboxylic acids is 2. The summed E-state index contributed by atoms with van der Waals surface area (Å²) in [6, 6.07) is 9.71. The minimum Gasteiger partial charge on any atom is -0.343 e. The molecular weight excluding hydrogens is 388 g/mol. The van der Waals surface area contributed by atoms with Crippen molar-refractivity contribution in [3.05, 3.63) is 35.9 Å². The number of amides is 3. The van der Waals surface area contributed by atoms with E-state index in [0.29, 0.717) is 6.42 Å². The number of carbonyl (C=O) groups is 2. The number of unbranched alkanes of at least 4 members (excludes halogenated alkanes) is 11. The molecule has 0 radical (unpaired) electrons. The molecule has 2 rings (SSSR count). The second-order valence-corrected chi connectivity index (χ2v) is 9.21. The maximum atomic E-state index is 12.0. The number of hydrogen-bond acceptors (Lipinski definition) is 3. The lowest BCUT2D eigenvalue weighted by Crippen LogP contribution is -2.43. The molecule has 5 heteroatoms. The molecule has 1 aromatic carbocycles. The first-order valence-corrected chi connectivity index (χ1v) is 12.4. The van der Waals surface area contributed by atoms with Gasteiger partial charge in [0.15, 0.2) is 0 Å². The Morgan fingerprint density at radius 3 is 1.90 bits per heavy atom. The quantitative estimate of drug-likeness (QED) is 0.226. The van der Waals surface area contributed by atoms with Gasteiger partial charge in [-0.15, -0.1) is 0 Å². The monoisotopic (exact) mass is 430 g/mol. The average Bonchev–Trinajstić information content (AvgIpc) is 3.05. The first kappa shape index (κ1) is 25.4. The number of nitrogens with one attached hydrogen (secondary N) is 2. The highest BCUT2D eigenvalue weighted by molar-refractivity contribution is 6.03. The highest BCUT2D eigenvalue weighted by Crippen LogP contribution is 2.27. The van der Waals surface area contributed by atoms with Crippen LogP contribution in [0.2, 0.25) is 0 Å². The third-order valence-electron chi connectivity index (χ3n) is 6.12. The molecule has 2 unspecified atom stereocenters. The van der Waals surface area contributed by atoms with Crippen LogP contribution in [-0.4, -0.2) is 23.8 Å². The Hall–Kier alpha value is -1.88. The Labute approximate surface area is 188 Å². The van der Waals surface area contributed by atoms with Crippen molar-refractivity contribution < 1.29 is 14.3 Å². The molecule has 0 saturated carbocycles. The van der Waals surface area contributed by atoms with Crippen LogP contribution in [0, 0.1) is 0 Å². The van der Waals surface area contributed by atoms with Crippen LogP contribution >= 0.6 is 0 Å². The Balaban J connectivity index is 1.68. The molecule has 2 atom stereocenters. The van der Waals surface area contributed by atoms with Gasteiger partial charge in [-0.1, -0.05) is 114 Å². The van der Waals surface area contributed by atoms with E-state index in [9.17, 15) is 9.59 Å². The molecule has 1 fully saturated rings. The molecule has 0 aromatic heterocycles. The molecule has 31 heavy (non-hydrogen) atoms. The number of imide groups is 1. The minimum atomic E-state index is -0.904. The van der Waals surface area contributed by atoms with Crippen LogP contribution < -0.4 is 10.6 Å². The predicted octanol–water partition coefficient (Wildman–Crippen LogP) is 6.26. The van der Waals surface area contributed by atoms with Crippen LogP contribution in [0.1, 0.15) is 103 Å². The maximum absolute atomic E-state index is 12.0. The van der Waals surface area contributed by atoms with E-state index in [4.69, 9.17) is 4.74 Å². The van der Waals surface area contributed by atoms with Gasteiger partial charge in [-0.25, -0.2) is 4.79 Å². The third kappa shape index (κ3) is 10.3. The number of hydrogen-bond donors (Lipinski definition) is 2. The summed E-state index contributed by atoms with van der Waals surface area (Å²) in [4.78, 5) is 23.4. The molecule has 1 saturated heterocycles. The van der Waals surface area contributed by atoms with Gasteiger partial charge in [0.05, 0.1) is 5.60 Å². The molecule has 2 N–H and O–H groups in total. The van der Waals surface area contributed by atoms with E-state index >= 15 is 0 Å². The van der Waals surface area contributed by atoms with Crippen molar-refractivity contribution in [3.63, 3.8) is 0 Å². The summed E-state index contributed by atoms with van der Waals surface area (Å²) in [7, 11) is 0. The molecule has 174 valence electrons. The van der Waals surface area contributed by atoms with E-state index in [1.165, 1.54) is 76.2 Å². The lowest BCUT2D eigenvalue weighted by Gasteiger charge is -2.32. The summed E-state index contributed by atoms with van der Waals surface area (Å²) in [5.74, 6) is -0.404. The summed E-state index contributed by atoms with van der Waals surface area (Å²) in [6.07, 6.45) is 16.4. The summed E-state index contributed by atoms with van der Waals surface area (Å²) >= 11 is 0. The van der Waals surface area contributed by atoms with Crippen molar-refractivity contribution in [1.29, 1.82) is 0 Å². The van der Waals surface area contributed by atoms with Gasteiger partial charge in [0.1, 0.15) is 0 Å². The minimum absolute atomic E-state index is 0.404. The van der Waals surface area contributed by atoms with Crippen molar-refractivity contribution in [2.45, 2.75) is 116 Å². The number of rotatable bonds is 17. The van der Waals surface area contributed by atoms with Gasteiger partial charge in [-0.2, -0.15) is 0 Å². The first-order valence-electron chi connectivity index (χ1n) is 12.4. The summed E-state index contributed by atoms with van der Waals surface area (Å²) in [5.41, 5.74) is 0.674. The number of ether oxygens (including phenoxy) is 1. The van der Waals surface area contributed by atoms with E-state index in [-0.39, 0.29) is 0 Å². The van der Waals surface area contributed by atoms with Crippen molar-refractivity contribution in [3.8, 4) is 0 Å². The lowest BCUT2D eigenvalue weighted by atomic mass is 9.90. The van der Waals surface area contributed by atoms with Crippen LogP contribution in [0.4, 0.5) is 4.79 Å². The fourth-order valence-electron chi connectivity index (χ4n) is 4.32. The molecule has 0 spiro atoms. The number of urea groups is 1. The standard InChI is InChI=1S/C26H42N2O3/c1-3-4-5-6-7-8-9-10-11-12-13-17-20-26(2,21-22-18-15-14-16-19-22)31-24-23(29)27-25(30)28-24/h14-16,18-19,24H,3-13,17,20-21H2,1-2H3,(H2,27,28,29,30). The van der Waals surface area contributed by atoms with Crippen molar-refractivity contribution in [1.82, 2.24) is 10.6 Å². The van der Waals surface area contributed by atoms with Gasteiger partial charge in [0, 0.05) is 6.42 Å². The fraction of sp³-hybridized carbons (Fsp3) is 0.692. The van der Waals surface area contributed by atoms with E-state index in [2.05, 4.69) is 36.6 Å². The zero-order chi connectivity index (χ0) is 22.4. The van der Waals surface area contributed by atoms with E-state index in [0.717, 1.165) is 12.8 Å². The topological polar surface area (TPSA) is 67.4 Å². The van der Waals surface area contributed by atoms with Gasteiger partial charge in [0.25, 0.3) is 5.91 Å². The zero-order valence-electron chi connectivity index (χ0n) is 19.6. The summed E-state index contributed by atoms with van der Waals surface area (Å²) < 4.78 is 6.14. The van der Waals surface area contributed by atoms with Crippen LogP contribution in [-0.2, 0) is 16.0 Å². The molecule has 0 aliphatic carbocycles. The Morgan fingerprint density at radius 1 is 0.839 bits per heavy atom. The highest BCUT2D eigenvalue weighted by atomic mass is 16.5. The van der Waals surface area contributed by atoms with Gasteiger partial charge in [-0.3, -0.25) is 10.1 Å². The molecule has 1 aliphatic heterocycles. The van der Waals surface area contributed by atoms with E-state index in [1.807, 2.05) is 18.2 Å². The van der Waals surface area contributed by atoms with Crippen molar-refractivity contribution >= 4 is 11.9 Å². The van der Waals surface area contributed by atoms with Crippen LogP contribution in [0.5, 0.6) is 0 Å². The smallest absolute Gasteiger partial charge is 0.323 e. The van der Waals surface area contributed by atoms with Gasteiger partial charge in [-0.05, 0) is 18.9 Å². The zero-order valence-corrected chi connectivity index (χ0v) is 19.6. The lowest BCUT2D eigenvalue weighted by molar-refractivity contribution is -0.144. The molecule has 1 heterocycles. The Bertz CT molecular complexity index is 649. The molecule has 0 bridgehead atoms. The van der Waals surface area contributed by atoms with E-state index < -0.39 is 23.8 Å². The van der Waals surface area contributed by atoms with Gasteiger partial charge >= 0.3 is 6.03 Å². The molecule has 5 nitrogen and oxygen atoms in total. The molecular formula is C26H42N2O3. The van der Waals surface area contributed by atoms with E-state index in [1.54, 1.807) is 0 Å². The molecule has 3 amide bonds. The van der Waals surface area contributed by atoms with Gasteiger partial charge in [0.2, 0.25) is 6.23 Å².